The third-order valence-electron chi connectivity index (χ3n) is 5.90. The molecular formula is C23H24FNO3. The highest BCUT2D eigenvalue weighted by Crippen LogP contribution is 2.45. The van der Waals surface area contributed by atoms with Crippen LogP contribution in [0.5, 0.6) is 5.75 Å². The molecule has 0 atom stereocenters. The van der Waals surface area contributed by atoms with Gasteiger partial charge < -0.3 is 14.7 Å². The zero-order valence-corrected chi connectivity index (χ0v) is 15.7. The van der Waals surface area contributed by atoms with E-state index in [1.807, 2.05) is 18.2 Å². The number of piperidine rings is 1. The largest absolute Gasteiger partial charge is 0.492 e. The molecule has 0 aromatic heterocycles. The molecule has 0 radical (unpaired) electrons. The molecule has 0 saturated carbocycles. The summed E-state index contributed by atoms with van der Waals surface area (Å²) in [4.78, 5) is 13.0. The first-order valence-corrected chi connectivity index (χ1v) is 9.70. The summed E-state index contributed by atoms with van der Waals surface area (Å²) in [5.74, 6) is -0.0646. The van der Waals surface area contributed by atoms with Gasteiger partial charge in [-0.05, 0) is 43.6 Å². The summed E-state index contributed by atoms with van der Waals surface area (Å²) in [6.45, 7) is 3.07. The first kappa shape index (κ1) is 18.7. The Hall–Kier alpha value is -2.66. The number of nitrogens with zero attached hydrogens (tertiary/aromatic N) is 1. The minimum atomic E-state index is -0.745. The lowest BCUT2D eigenvalue weighted by atomic mass is 9.74. The number of likely N-dealkylation sites (tertiary alicyclic amines) is 1. The lowest BCUT2D eigenvalue weighted by molar-refractivity contribution is -0.137. The van der Waals surface area contributed by atoms with Crippen molar-refractivity contribution in [3.05, 3.63) is 65.0 Å². The third-order valence-corrected chi connectivity index (χ3v) is 5.90. The number of hydrogen-bond donors (Lipinski definition) is 1. The van der Waals surface area contributed by atoms with E-state index in [2.05, 4.69) is 17.0 Å². The maximum atomic E-state index is 13.8. The fraction of sp³-hybridized carbons (Fsp3) is 0.348. The van der Waals surface area contributed by atoms with Gasteiger partial charge in [0, 0.05) is 23.1 Å². The van der Waals surface area contributed by atoms with E-state index in [0.29, 0.717) is 18.7 Å². The number of carbonyl (C=O) groups is 1. The summed E-state index contributed by atoms with van der Waals surface area (Å²) in [6, 6.07) is 12.9. The van der Waals surface area contributed by atoms with E-state index in [9.17, 15) is 9.18 Å². The number of halogens is 1. The number of carboxylic acids is 1. The van der Waals surface area contributed by atoms with Crippen molar-refractivity contribution in [3.8, 4) is 5.75 Å². The molecule has 2 aromatic rings. The van der Waals surface area contributed by atoms with Gasteiger partial charge in [0.25, 0.3) is 0 Å². The maximum Gasteiger partial charge on any atom is 0.304 e. The Kier molecular flexibility index (Phi) is 5.18. The molecule has 2 heterocycles. The number of ether oxygens (including phenoxy) is 1. The Morgan fingerprint density at radius 1 is 1.18 bits per heavy atom. The van der Waals surface area contributed by atoms with Gasteiger partial charge in [-0.25, -0.2) is 4.39 Å². The predicted molar refractivity (Wildman–Crippen MR) is 107 cm³/mol. The predicted octanol–water partition coefficient (Wildman–Crippen LogP) is 4.20. The van der Waals surface area contributed by atoms with Gasteiger partial charge in [-0.2, -0.15) is 0 Å². The molecule has 0 unspecified atom stereocenters. The molecular weight excluding hydrogens is 357 g/mol. The number of hydrogen-bond acceptors (Lipinski definition) is 3. The van der Waals surface area contributed by atoms with Crippen LogP contribution in [0.15, 0.2) is 42.5 Å². The molecule has 2 aliphatic heterocycles. The smallest absolute Gasteiger partial charge is 0.304 e. The zero-order valence-electron chi connectivity index (χ0n) is 15.7. The van der Waals surface area contributed by atoms with Crippen molar-refractivity contribution in [2.24, 2.45) is 0 Å². The number of carboxylic acid groups (broad SMARTS) is 1. The second-order valence-corrected chi connectivity index (χ2v) is 7.66. The van der Waals surface area contributed by atoms with E-state index < -0.39 is 5.97 Å². The first-order valence-electron chi connectivity index (χ1n) is 9.70. The minimum Gasteiger partial charge on any atom is -0.492 e. The number of benzene rings is 2. The summed E-state index contributed by atoms with van der Waals surface area (Å²) in [6.07, 6.45) is 5.83. The number of fused-ring (bicyclic) bond motifs is 2. The Bertz CT molecular complexity index is 900. The average Bonchev–Trinajstić information content (AvgIpc) is 3.04. The van der Waals surface area contributed by atoms with Crippen LogP contribution in [-0.4, -0.2) is 42.2 Å². The van der Waals surface area contributed by atoms with Crippen LogP contribution in [0.3, 0.4) is 0 Å². The van der Waals surface area contributed by atoms with Crippen LogP contribution in [0.1, 0.15) is 36.0 Å². The van der Waals surface area contributed by atoms with Crippen LogP contribution >= 0.6 is 0 Å². The number of aliphatic carboxylic acids is 1. The van der Waals surface area contributed by atoms with E-state index in [4.69, 9.17) is 9.84 Å². The van der Waals surface area contributed by atoms with Crippen molar-refractivity contribution in [2.75, 3.05) is 26.2 Å². The fourth-order valence-electron chi connectivity index (χ4n) is 4.16. The fourth-order valence-corrected chi connectivity index (χ4v) is 4.16. The van der Waals surface area contributed by atoms with Crippen molar-refractivity contribution < 1.29 is 19.0 Å². The van der Waals surface area contributed by atoms with Crippen molar-refractivity contribution >= 4 is 18.1 Å². The van der Waals surface area contributed by atoms with Crippen LogP contribution in [0.4, 0.5) is 4.39 Å². The van der Waals surface area contributed by atoms with Gasteiger partial charge >= 0.3 is 5.97 Å². The second kappa shape index (κ2) is 7.76. The van der Waals surface area contributed by atoms with Gasteiger partial charge in [-0.15, -0.1) is 0 Å². The monoisotopic (exact) mass is 381 g/mol. The second-order valence-electron chi connectivity index (χ2n) is 7.66. The molecule has 28 heavy (non-hydrogen) atoms. The summed E-state index contributed by atoms with van der Waals surface area (Å²) in [7, 11) is 0. The van der Waals surface area contributed by atoms with Crippen molar-refractivity contribution in [2.45, 2.75) is 24.7 Å². The molecule has 1 fully saturated rings. The van der Waals surface area contributed by atoms with Crippen LogP contribution in [-0.2, 0) is 10.2 Å². The normalized spacial score (nSPS) is 18.3. The van der Waals surface area contributed by atoms with Crippen LogP contribution < -0.4 is 4.74 Å². The SMILES string of the molecule is O=C(O)CCN1CCC2(CC1)COc1cc(/C=C/c3ccccc3F)ccc12. The zero-order chi connectivity index (χ0) is 19.6. The average molecular weight is 381 g/mol. The van der Waals surface area contributed by atoms with E-state index in [-0.39, 0.29) is 17.7 Å². The van der Waals surface area contributed by atoms with Crippen LogP contribution in [0.25, 0.3) is 12.2 Å². The lowest BCUT2D eigenvalue weighted by Crippen LogP contribution is -2.44. The summed E-state index contributed by atoms with van der Waals surface area (Å²) >= 11 is 0. The van der Waals surface area contributed by atoms with E-state index in [1.54, 1.807) is 18.2 Å². The van der Waals surface area contributed by atoms with Gasteiger partial charge in [-0.1, -0.05) is 42.5 Å². The molecule has 5 heteroatoms. The molecule has 1 N–H and O–H groups in total. The van der Waals surface area contributed by atoms with Crippen molar-refractivity contribution in [3.63, 3.8) is 0 Å². The van der Waals surface area contributed by atoms with Gasteiger partial charge in [0.15, 0.2) is 0 Å². The van der Waals surface area contributed by atoms with Crippen molar-refractivity contribution in [1.29, 1.82) is 0 Å². The van der Waals surface area contributed by atoms with Crippen molar-refractivity contribution in [1.82, 2.24) is 4.90 Å². The van der Waals surface area contributed by atoms with Gasteiger partial charge in [0.1, 0.15) is 11.6 Å². The topological polar surface area (TPSA) is 49.8 Å². The van der Waals surface area contributed by atoms with Gasteiger partial charge in [0.2, 0.25) is 0 Å². The Balaban J connectivity index is 1.46. The van der Waals surface area contributed by atoms with Gasteiger partial charge in [0.05, 0.1) is 13.0 Å². The third kappa shape index (κ3) is 3.80. The van der Waals surface area contributed by atoms with E-state index >= 15 is 0 Å². The lowest BCUT2D eigenvalue weighted by Gasteiger charge is -2.38. The Morgan fingerprint density at radius 3 is 2.71 bits per heavy atom. The molecule has 2 aliphatic rings. The summed E-state index contributed by atoms with van der Waals surface area (Å²) < 4.78 is 19.8. The highest BCUT2D eigenvalue weighted by atomic mass is 19.1. The molecule has 0 amide bonds. The molecule has 146 valence electrons. The van der Waals surface area contributed by atoms with Gasteiger partial charge in [-0.3, -0.25) is 4.79 Å². The van der Waals surface area contributed by atoms with Crippen LogP contribution in [0.2, 0.25) is 0 Å². The van der Waals surface area contributed by atoms with Crippen LogP contribution in [0, 0.1) is 5.82 Å². The molecule has 0 aliphatic carbocycles. The Labute approximate surface area is 164 Å². The molecule has 2 aromatic carbocycles. The summed E-state index contributed by atoms with van der Waals surface area (Å²) in [5, 5.41) is 8.86. The quantitative estimate of drug-likeness (QED) is 0.789. The molecule has 1 spiro atoms. The maximum absolute atomic E-state index is 13.8. The Morgan fingerprint density at radius 2 is 1.96 bits per heavy atom. The highest BCUT2D eigenvalue weighted by Gasteiger charge is 2.42. The van der Waals surface area contributed by atoms with E-state index in [0.717, 1.165) is 37.2 Å². The minimum absolute atomic E-state index is 0.0306. The van der Waals surface area contributed by atoms with E-state index in [1.165, 1.54) is 11.6 Å². The number of rotatable bonds is 5. The molecule has 1 saturated heterocycles. The first-order chi connectivity index (χ1) is 13.6. The summed E-state index contributed by atoms with van der Waals surface area (Å²) in [5.41, 5.74) is 2.82. The molecule has 0 bridgehead atoms. The highest BCUT2D eigenvalue weighted by molar-refractivity contribution is 5.71. The standard InChI is InChI=1S/C23H24FNO3/c24-20-4-2-1-3-18(20)7-5-17-6-8-19-21(15-17)28-16-23(19)10-13-25(14-11-23)12-9-22(26)27/h1-8,15H,9-14,16H2,(H,26,27)/b7-5+. The molecule has 4 rings (SSSR count). The molecule has 4 nitrogen and oxygen atoms in total.